The van der Waals surface area contributed by atoms with Gasteiger partial charge in [0.1, 0.15) is 5.75 Å². The number of rotatable bonds is 23. The molecule has 0 heterocycles. The van der Waals surface area contributed by atoms with E-state index in [4.69, 9.17) is 13.8 Å². The van der Waals surface area contributed by atoms with Gasteiger partial charge in [-0.2, -0.15) is 0 Å². The van der Waals surface area contributed by atoms with E-state index in [-0.39, 0.29) is 19.1 Å². The van der Waals surface area contributed by atoms with Crippen LogP contribution in [0, 0.1) is 0 Å². The maximum Gasteiger partial charge on any atom is 0.357 e. The third-order valence-corrected chi connectivity index (χ3v) is 9.22. The summed E-state index contributed by atoms with van der Waals surface area (Å²) in [6.45, 7) is 6.29. The Morgan fingerprint density at radius 2 is 1.32 bits per heavy atom. The Balaban J connectivity index is 2.46. The molecule has 1 amide bonds. The second-order valence-electron chi connectivity index (χ2n) is 9.86. The molecule has 6 nitrogen and oxygen atoms in total. The number of carbonyl (C=O) groups excluding carboxylic acids is 1. The van der Waals surface area contributed by atoms with Gasteiger partial charge in [0.2, 0.25) is 5.91 Å². The molecule has 1 aromatic rings. The van der Waals surface area contributed by atoms with E-state index in [1.807, 2.05) is 12.1 Å². The van der Waals surface area contributed by atoms with Crippen molar-refractivity contribution in [3.05, 3.63) is 42.0 Å². The van der Waals surface area contributed by atoms with Crippen molar-refractivity contribution in [1.82, 2.24) is 4.90 Å². The predicted molar refractivity (Wildman–Crippen MR) is 159 cm³/mol. The van der Waals surface area contributed by atoms with E-state index in [2.05, 4.69) is 19.1 Å². The number of amides is 1. The van der Waals surface area contributed by atoms with Crippen LogP contribution in [0.5, 0.6) is 5.75 Å². The molecular formula is C31H54NO5P. The van der Waals surface area contributed by atoms with Crippen LogP contribution in [0.25, 0.3) is 0 Å². The summed E-state index contributed by atoms with van der Waals surface area (Å²) in [5, 5.41) is 0. The molecule has 0 aliphatic rings. The molecular weight excluding hydrogens is 497 g/mol. The first-order valence-electron chi connectivity index (χ1n) is 14.9. The quantitative estimate of drug-likeness (QED) is 0.0770. The molecule has 7 heteroatoms. The van der Waals surface area contributed by atoms with Gasteiger partial charge >= 0.3 is 7.60 Å². The van der Waals surface area contributed by atoms with Crippen molar-refractivity contribution in [3.8, 4) is 5.75 Å². The normalized spacial score (nSPS) is 12.7. The molecule has 1 rings (SSSR count). The number of hydrogen-bond donors (Lipinski definition) is 0. The Kier molecular flexibility index (Phi) is 19.2. The molecule has 0 saturated heterocycles. The Bertz CT molecular complexity index is 801. The van der Waals surface area contributed by atoms with E-state index >= 15 is 0 Å². The fourth-order valence-electron chi connectivity index (χ4n) is 4.59. The van der Waals surface area contributed by atoms with Crippen LogP contribution in [0.15, 0.2) is 36.4 Å². The van der Waals surface area contributed by atoms with Gasteiger partial charge in [-0.15, -0.1) is 0 Å². The summed E-state index contributed by atoms with van der Waals surface area (Å²) in [6.07, 6.45) is 20.9. The lowest BCUT2D eigenvalue weighted by Gasteiger charge is -2.33. The fourth-order valence-corrected chi connectivity index (χ4v) is 6.76. The number of carbonyl (C=O) groups is 1. The fraction of sp³-hybridized carbons (Fsp3) is 0.710. The van der Waals surface area contributed by atoms with E-state index in [0.29, 0.717) is 17.7 Å². The predicted octanol–water partition coefficient (Wildman–Crippen LogP) is 9.46. The van der Waals surface area contributed by atoms with Gasteiger partial charge in [0.15, 0.2) is 5.78 Å². The topological polar surface area (TPSA) is 65.1 Å². The highest BCUT2D eigenvalue weighted by Gasteiger charge is 2.41. The zero-order valence-corrected chi connectivity index (χ0v) is 25.7. The molecule has 1 atom stereocenters. The maximum absolute atomic E-state index is 13.8. The molecule has 1 aromatic carbocycles. The number of nitrogens with zero attached hydrogens (tertiary/aromatic N) is 1. The lowest BCUT2D eigenvalue weighted by atomic mass is 10.1. The Hall–Kier alpha value is -1.62. The minimum Gasteiger partial charge on any atom is -0.497 e. The Morgan fingerprint density at radius 3 is 1.82 bits per heavy atom. The number of ether oxygens (including phenoxy) is 1. The number of allylic oxidation sites excluding steroid dienone is 2. The SMILES string of the molecule is CCCCCCCC/C=C\CCCCCCCC(=O)N(C)C(c1ccc(OC)cc1)P(=O)(OCC)OCC. The molecule has 0 aliphatic heterocycles. The van der Waals surface area contributed by atoms with Crippen LogP contribution in [0.3, 0.4) is 0 Å². The summed E-state index contributed by atoms with van der Waals surface area (Å²) in [5.41, 5.74) is 0.705. The second-order valence-corrected chi connectivity index (χ2v) is 11.9. The number of hydrogen-bond acceptors (Lipinski definition) is 5. The number of benzene rings is 1. The third kappa shape index (κ3) is 13.4. The van der Waals surface area contributed by atoms with Gasteiger partial charge in [-0.3, -0.25) is 9.36 Å². The van der Waals surface area contributed by atoms with Crippen molar-refractivity contribution in [3.63, 3.8) is 0 Å². The van der Waals surface area contributed by atoms with Crippen LogP contribution in [-0.4, -0.2) is 38.2 Å². The average molecular weight is 552 g/mol. The Labute approximate surface area is 233 Å². The highest BCUT2D eigenvalue weighted by Crippen LogP contribution is 2.62. The lowest BCUT2D eigenvalue weighted by Crippen LogP contribution is -2.32. The van der Waals surface area contributed by atoms with E-state index in [1.54, 1.807) is 45.0 Å². The van der Waals surface area contributed by atoms with Crippen molar-refractivity contribution >= 4 is 13.5 Å². The van der Waals surface area contributed by atoms with Crippen molar-refractivity contribution in [2.45, 2.75) is 116 Å². The molecule has 0 fully saturated rings. The molecule has 0 N–H and O–H groups in total. The van der Waals surface area contributed by atoms with Crippen molar-refractivity contribution in [2.75, 3.05) is 27.4 Å². The second kappa shape index (κ2) is 21.2. The Morgan fingerprint density at radius 1 is 0.816 bits per heavy atom. The first-order valence-corrected chi connectivity index (χ1v) is 16.5. The lowest BCUT2D eigenvalue weighted by molar-refractivity contribution is -0.131. The van der Waals surface area contributed by atoms with Gasteiger partial charge in [0, 0.05) is 13.5 Å². The smallest absolute Gasteiger partial charge is 0.357 e. The average Bonchev–Trinajstić information content (AvgIpc) is 2.91. The molecule has 0 spiro atoms. The van der Waals surface area contributed by atoms with Crippen LogP contribution >= 0.6 is 7.60 Å². The first-order chi connectivity index (χ1) is 18.4. The maximum atomic E-state index is 13.8. The van der Waals surface area contributed by atoms with Crippen molar-refractivity contribution in [1.29, 1.82) is 0 Å². The van der Waals surface area contributed by atoms with Gasteiger partial charge in [-0.05, 0) is 63.6 Å². The van der Waals surface area contributed by atoms with Gasteiger partial charge in [-0.1, -0.05) is 82.6 Å². The molecule has 0 aromatic heterocycles. The van der Waals surface area contributed by atoms with E-state index in [0.717, 1.165) is 25.7 Å². The van der Waals surface area contributed by atoms with Gasteiger partial charge in [0.25, 0.3) is 0 Å². The summed E-state index contributed by atoms with van der Waals surface area (Å²) < 4.78 is 30.3. The van der Waals surface area contributed by atoms with Crippen LogP contribution in [-0.2, 0) is 18.4 Å². The largest absolute Gasteiger partial charge is 0.497 e. The van der Waals surface area contributed by atoms with Crippen LogP contribution in [0.2, 0.25) is 0 Å². The van der Waals surface area contributed by atoms with Crippen LogP contribution in [0.1, 0.15) is 122 Å². The van der Waals surface area contributed by atoms with E-state index in [1.165, 1.54) is 57.8 Å². The summed E-state index contributed by atoms with van der Waals surface area (Å²) >= 11 is 0. The summed E-state index contributed by atoms with van der Waals surface area (Å²) in [7, 11) is -0.309. The zero-order valence-electron chi connectivity index (χ0n) is 24.8. The zero-order chi connectivity index (χ0) is 28.1. The summed E-state index contributed by atoms with van der Waals surface area (Å²) in [4.78, 5) is 14.7. The summed E-state index contributed by atoms with van der Waals surface area (Å²) in [5.74, 6) is -0.163. The molecule has 218 valence electrons. The molecule has 0 bridgehead atoms. The van der Waals surface area contributed by atoms with Gasteiger partial charge < -0.3 is 18.7 Å². The number of methoxy groups -OCH3 is 1. The molecule has 38 heavy (non-hydrogen) atoms. The third-order valence-electron chi connectivity index (χ3n) is 6.74. The van der Waals surface area contributed by atoms with Crippen molar-refractivity contribution in [2.24, 2.45) is 0 Å². The van der Waals surface area contributed by atoms with E-state index in [9.17, 15) is 9.36 Å². The highest BCUT2D eigenvalue weighted by molar-refractivity contribution is 7.54. The highest BCUT2D eigenvalue weighted by atomic mass is 31.2. The standard InChI is InChI=1S/C31H54NO5P/c1-6-9-10-11-12-13-14-15-16-17-18-19-20-21-22-23-30(33)32(4)31(38(34,36-7-2)37-8-3)28-24-26-29(35-5)27-25-28/h15-16,24-27,31H,6-14,17-23H2,1-5H3/b16-15-. The van der Waals surface area contributed by atoms with Gasteiger partial charge in [0.05, 0.1) is 20.3 Å². The van der Waals surface area contributed by atoms with E-state index < -0.39 is 13.4 Å². The molecule has 0 radical (unpaired) electrons. The minimum absolute atomic E-state index is 0.0527. The van der Waals surface area contributed by atoms with Gasteiger partial charge in [-0.25, -0.2) is 0 Å². The first kappa shape index (κ1) is 34.4. The van der Waals surface area contributed by atoms with Crippen molar-refractivity contribution < 1.29 is 23.1 Å². The monoisotopic (exact) mass is 551 g/mol. The van der Waals surface area contributed by atoms with Crippen LogP contribution < -0.4 is 4.74 Å². The summed E-state index contributed by atoms with van der Waals surface area (Å²) in [6, 6.07) is 7.24. The minimum atomic E-state index is -3.60. The molecule has 1 unspecified atom stereocenters. The van der Waals surface area contributed by atoms with Crippen LogP contribution in [0.4, 0.5) is 0 Å². The molecule has 0 aliphatic carbocycles. The molecule has 0 saturated carbocycles. The number of unbranched alkanes of at least 4 members (excludes halogenated alkanes) is 11.